The normalized spacial score (nSPS) is 14.1. The molecule has 11 nitrogen and oxygen atoms in total. The van der Waals surface area contributed by atoms with Crippen molar-refractivity contribution in [2.24, 2.45) is 0 Å². The largest absolute Gasteiger partial charge is 0.472 e. The van der Waals surface area contributed by atoms with Gasteiger partial charge in [0.2, 0.25) is 0 Å². The Morgan fingerprint density at radius 2 is 0.809 bits per heavy atom. The van der Waals surface area contributed by atoms with Gasteiger partial charge < -0.3 is 24.2 Å². The van der Waals surface area contributed by atoms with Crippen LogP contribution in [-0.2, 0) is 42.2 Å². The van der Waals surface area contributed by atoms with Crippen molar-refractivity contribution < 1.29 is 52.2 Å². The number of aliphatic hydroxyl groups is 1. The second kappa shape index (κ2) is 50.1. The zero-order chi connectivity index (χ0) is 49.9. The number of unbranched alkanes of at least 4 members (excludes halogenated alkanes) is 18. The summed E-state index contributed by atoms with van der Waals surface area (Å²) in [6.45, 7) is 4.35. The third-order valence-electron chi connectivity index (χ3n) is 10.8. The summed E-state index contributed by atoms with van der Waals surface area (Å²) in [5.41, 5.74) is 0. The van der Waals surface area contributed by atoms with E-state index in [9.17, 15) is 28.9 Å². The molecule has 0 amide bonds. The Labute approximate surface area is 413 Å². The van der Waals surface area contributed by atoms with Gasteiger partial charge in [0.15, 0.2) is 6.10 Å². The molecule has 0 aliphatic carbocycles. The second-order valence-electron chi connectivity index (χ2n) is 17.3. The summed E-state index contributed by atoms with van der Waals surface area (Å²) in [5.74, 6) is -1.64. The number of hydrogen-bond donors (Lipinski definition) is 2. The van der Waals surface area contributed by atoms with Crippen molar-refractivity contribution in [3.63, 3.8) is 0 Å². The first-order valence-electron chi connectivity index (χ1n) is 26.5. The average Bonchev–Trinajstić information content (AvgIpc) is 3.32. The predicted molar refractivity (Wildman–Crippen MR) is 279 cm³/mol. The van der Waals surface area contributed by atoms with Gasteiger partial charge in [-0.15, -0.1) is 0 Å². The monoisotopic (exact) mass is 975 g/mol. The van der Waals surface area contributed by atoms with E-state index >= 15 is 0 Å². The highest BCUT2D eigenvalue weighted by Crippen LogP contribution is 2.43. The van der Waals surface area contributed by atoms with Crippen molar-refractivity contribution in [1.82, 2.24) is 0 Å². The first-order chi connectivity index (χ1) is 33.2. The van der Waals surface area contributed by atoms with Gasteiger partial charge in [-0.25, -0.2) is 4.57 Å². The van der Waals surface area contributed by atoms with E-state index in [4.69, 9.17) is 23.3 Å². The summed E-state index contributed by atoms with van der Waals surface area (Å²) in [5, 5.41) is 9.77. The fourth-order valence-corrected chi connectivity index (χ4v) is 7.55. The lowest BCUT2D eigenvalue weighted by Crippen LogP contribution is -2.30. The van der Waals surface area contributed by atoms with E-state index in [0.717, 1.165) is 103 Å². The van der Waals surface area contributed by atoms with E-state index in [2.05, 4.69) is 87.6 Å². The van der Waals surface area contributed by atoms with Crippen LogP contribution in [0.25, 0.3) is 0 Å². The Morgan fingerprint density at radius 3 is 1.24 bits per heavy atom. The Balaban J connectivity index is 4.86. The molecule has 0 aromatic carbocycles. The van der Waals surface area contributed by atoms with Gasteiger partial charge in [0, 0.05) is 12.8 Å². The van der Waals surface area contributed by atoms with Gasteiger partial charge in [-0.05, 0) is 96.3 Å². The SMILES string of the molecule is CC/C=C\C/C=C\C/C=C\C/C=C\C/C=C\CC(=O)OCC(COP(=O)(O)OCC(CO)OC(=O)CCCCCCC/C=C\CCCCCC)OC(=O)CCCCCCC/C=C\CCCCCC. The molecule has 0 fully saturated rings. The summed E-state index contributed by atoms with van der Waals surface area (Å²) in [7, 11) is -4.77. The van der Waals surface area contributed by atoms with E-state index in [1.807, 2.05) is 12.2 Å². The Bertz CT molecular complexity index is 1460. The Kier molecular flexibility index (Phi) is 47.6. The maximum atomic E-state index is 12.8. The van der Waals surface area contributed by atoms with Crippen LogP contribution in [0.4, 0.5) is 0 Å². The molecule has 3 atom stereocenters. The molecule has 0 rings (SSSR count). The van der Waals surface area contributed by atoms with E-state index in [-0.39, 0.29) is 19.3 Å². The van der Waals surface area contributed by atoms with Gasteiger partial charge in [-0.1, -0.05) is 183 Å². The third-order valence-corrected chi connectivity index (χ3v) is 11.8. The molecular weight excluding hydrogens is 880 g/mol. The highest BCUT2D eigenvalue weighted by atomic mass is 31.2. The first kappa shape index (κ1) is 64.7. The molecule has 0 aliphatic heterocycles. The minimum atomic E-state index is -4.77. The van der Waals surface area contributed by atoms with Crippen LogP contribution in [0.15, 0.2) is 85.1 Å². The number of ether oxygens (including phenoxy) is 3. The molecule has 0 aliphatic rings. The molecular formula is C56H95O11P. The molecule has 0 saturated heterocycles. The zero-order valence-electron chi connectivity index (χ0n) is 42.8. The number of esters is 3. The maximum Gasteiger partial charge on any atom is 0.472 e. The van der Waals surface area contributed by atoms with Crippen LogP contribution in [0.5, 0.6) is 0 Å². The highest BCUT2D eigenvalue weighted by molar-refractivity contribution is 7.47. The van der Waals surface area contributed by atoms with E-state index in [0.29, 0.717) is 19.3 Å². The van der Waals surface area contributed by atoms with Crippen molar-refractivity contribution in [2.45, 2.75) is 226 Å². The molecule has 0 heterocycles. The van der Waals surface area contributed by atoms with Gasteiger partial charge in [0.1, 0.15) is 12.7 Å². The number of phosphoric ester groups is 1. The molecule has 0 bridgehead atoms. The quantitative estimate of drug-likeness (QED) is 0.0197. The van der Waals surface area contributed by atoms with Crippen LogP contribution < -0.4 is 0 Å². The topological polar surface area (TPSA) is 155 Å². The number of carbonyl (C=O) groups excluding carboxylic acids is 3. The zero-order valence-corrected chi connectivity index (χ0v) is 43.7. The fraction of sp³-hybridized carbons (Fsp3) is 0.696. The van der Waals surface area contributed by atoms with Crippen molar-refractivity contribution in [3.05, 3.63) is 85.1 Å². The number of rotatable bonds is 48. The minimum absolute atomic E-state index is 0.0101. The van der Waals surface area contributed by atoms with Crippen molar-refractivity contribution >= 4 is 25.7 Å². The van der Waals surface area contributed by atoms with Crippen molar-refractivity contribution in [3.8, 4) is 0 Å². The van der Waals surface area contributed by atoms with Crippen molar-refractivity contribution in [1.29, 1.82) is 0 Å². The summed E-state index contributed by atoms with van der Waals surface area (Å²) in [4.78, 5) is 48.3. The van der Waals surface area contributed by atoms with Gasteiger partial charge in [-0.2, -0.15) is 0 Å². The first-order valence-corrected chi connectivity index (χ1v) is 28.0. The number of phosphoric acid groups is 1. The molecule has 2 N–H and O–H groups in total. The number of aliphatic hydroxyl groups excluding tert-OH is 1. The van der Waals surface area contributed by atoms with Crippen LogP contribution in [0.2, 0.25) is 0 Å². The molecule has 0 radical (unpaired) electrons. The molecule has 68 heavy (non-hydrogen) atoms. The second-order valence-corrected chi connectivity index (χ2v) is 18.8. The minimum Gasteiger partial charge on any atom is -0.461 e. The van der Waals surface area contributed by atoms with Gasteiger partial charge >= 0.3 is 25.7 Å². The van der Waals surface area contributed by atoms with Crippen molar-refractivity contribution in [2.75, 3.05) is 26.4 Å². The Hall–Kier alpha value is -3.34. The Morgan fingerprint density at radius 1 is 0.441 bits per heavy atom. The van der Waals surface area contributed by atoms with Crippen LogP contribution in [0.3, 0.4) is 0 Å². The molecule has 12 heteroatoms. The van der Waals surface area contributed by atoms with Crippen LogP contribution in [0.1, 0.15) is 213 Å². The summed E-state index contributed by atoms with van der Waals surface area (Å²) >= 11 is 0. The number of hydrogen-bond acceptors (Lipinski definition) is 10. The lowest BCUT2D eigenvalue weighted by atomic mass is 10.1. The van der Waals surface area contributed by atoms with E-state index in [1.54, 1.807) is 6.08 Å². The standard InChI is InChI=1S/C56H95O11P/c1-4-7-10-13-16-19-22-25-26-29-30-33-36-39-42-45-54(58)63-49-53(67-56(60)47-44-41-38-35-32-28-24-21-18-15-12-9-6-3)51-65-68(61,62)64-50-52(48-57)66-55(59)46-43-40-37-34-31-27-23-20-17-14-11-8-5-2/h7,10,16,19-21,23-26,30,33,39,42,52-53,57H,4-6,8-9,11-15,17-18,22,27-29,31-32,34-38,40-41,43-51H2,1-3H3,(H,61,62)/b10-7-,19-16-,23-20-,24-21-,26-25-,33-30-,42-39-. The highest BCUT2D eigenvalue weighted by Gasteiger charge is 2.28. The summed E-state index contributed by atoms with van der Waals surface area (Å²) < 4.78 is 39.2. The lowest BCUT2D eigenvalue weighted by Gasteiger charge is -2.21. The summed E-state index contributed by atoms with van der Waals surface area (Å²) in [6, 6.07) is 0. The van der Waals surface area contributed by atoms with Crippen LogP contribution in [0, 0.1) is 0 Å². The predicted octanol–water partition coefficient (Wildman–Crippen LogP) is 15.1. The molecule has 0 aromatic rings. The average molecular weight is 975 g/mol. The fourth-order valence-electron chi connectivity index (χ4n) is 6.77. The van der Waals surface area contributed by atoms with Crippen LogP contribution >= 0.6 is 7.82 Å². The van der Waals surface area contributed by atoms with Gasteiger partial charge in [0.25, 0.3) is 0 Å². The lowest BCUT2D eigenvalue weighted by molar-refractivity contribution is -0.161. The molecule has 3 unspecified atom stereocenters. The molecule has 0 aromatic heterocycles. The van der Waals surface area contributed by atoms with E-state index in [1.165, 1.54) is 51.4 Å². The molecule has 0 spiro atoms. The maximum absolute atomic E-state index is 12.8. The smallest absolute Gasteiger partial charge is 0.461 e. The number of carbonyl (C=O) groups is 3. The summed E-state index contributed by atoms with van der Waals surface area (Å²) in [6.07, 6.45) is 55.8. The molecule has 0 saturated carbocycles. The van der Waals surface area contributed by atoms with Gasteiger partial charge in [-0.3, -0.25) is 23.4 Å². The van der Waals surface area contributed by atoms with Crippen LogP contribution in [-0.4, -0.2) is 66.5 Å². The third kappa shape index (κ3) is 47.7. The van der Waals surface area contributed by atoms with E-state index < -0.39 is 64.4 Å². The molecule has 390 valence electrons. The van der Waals surface area contributed by atoms with Gasteiger partial charge in [0.05, 0.1) is 26.2 Å². The number of allylic oxidation sites excluding steroid dienone is 13.